The summed E-state index contributed by atoms with van der Waals surface area (Å²) in [6, 6.07) is 5.26. The number of nitrogen functional groups attached to an aromatic ring is 1. The number of benzene rings is 1. The molecule has 20 heavy (non-hydrogen) atoms. The molecular weight excluding hydrogens is 258 g/mol. The highest BCUT2D eigenvalue weighted by atomic mass is 16.5. The van der Waals surface area contributed by atoms with Crippen molar-refractivity contribution in [2.75, 3.05) is 24.3 Å². The molecule has 0 bridgehead atoms. The molecule has 7 heteroatoms. The summed E-state index contributed by atoms with van der Waals surface area (Å²) >= 11 is 0. The van der Waals surface area contributed by atoms with Crippen molar-refractivity contribution in [1.82, 2.24) is 14.8 Å². The second-order valence-electron chi connectivity index (χ2n) is 4.63. The van der Waals surface area contributed by atoms with Crippen LogP contribution in [0.25, 0.3) is 0 Å². The number of nitrogens with zero attached hydrogens (tertiary/aromatic N) is 4. The highest BCUT2D eigenvalue weighted by Crippen LogP contribution is 2.26. The normalized spacial score (nSPS) is 13.9. The average molecular weight is 273 g/mol. The minimum Gasteiger partial charge on any atom is -0.465 e. The van der Waals surface area contributed by atoms with Crippen LogP contribution in [0.4, 0.5) is 11.4 Å². The van der Waals surface area contributed by atoms with Gasteiger partial charge in [0.25, 0.3) is 0 Å². The molecule has 104 valence electrons. The van der Waals surface area contributed by atoms with Gasteiger partial charge in [0.2, 0.25) is 0 Å². The van der Waals surface area contributed by atoms with Gasteiger partial charge < -0.3 is 19.9 Å². The van der Waals surface area contributed by atoms with Crippen molar-refractivity contribution < 1.29 is 9.53 Å². The molecule has 0 unspecified atom stereocenters. The molecule has 0 aliphatic carbocycles. The van der Waals surface area contributed by atoms with E-state index in [0.29, 0.717) is 17.8 Å². The van der Waals surface area contributed by atoms with Crippen LogP contribution in [0.1, 0.15) is 16.2 Å². The molecule has 2 aromatic rings. The second kappa shape index (κ2) is 4.84. The number of ether oxygens (including phenoxy) is 1. The van der Waals surface area contributed by atoms with Crippen LogP contribution in [-0.4, -0.2) is 34.4 Å². The molecule has 2 N–H and O–H groups in total. The maximum absolute atomic E-state index is 11.9. The van der Waals surface area contributed by atoms with E-state index >= 15 is 0 Å². The number of rotatable bonds is 2. The molecule has 0 atom stereocenters. The molecule has 1 aliphatic heterocycles. The third-order valence-corrected chi connectivity index (χ3v) is 3.41. The first-order valence-electron chi connectivity index (χ1n) is 6.28. The number of fused-ring (bicyclic) bond motifs is 1. The Labute approximate surface area is 116 Å². The number of hydrogen-bond donors (Lipinski definition) is 1. The number of aromatic nitrogens is 3. The lowest BCUT2D eigenvalue weighted by atomic mass is 10.1. The maximum atomic E-state index is 11.9. The Morgan fingerprint density at radius 3 is 3.05 bits per heavy atom. The largest absolute Gasteiger partial charge is 0.465 e. The predicted octanol–water partition coefficient (Wildman–Crippen LogP) is 0.667. The van der Waals surface area contributed by atoms with Gasteiger partial charge in [0.15, 0.2) is 5.82 Å². The Bertz CT molecular complexity index is 652. The number of hydrogen-bond acceptors (Lipinski definition) is 6. The lowest BCUT2D eigenvalue weighted by Gasteiger charge is -2.30. The lowest BCUT2D eigenvalue weighted by Crippen LogP contribution is -2.34. The van der Waals surface area contributed by atoms with Gasteiger partial charge in [-0.25, -0.2) is 4.79 Å². The molecular formula is C13H15N5O2. The zero-order valence-electron chi connectivity index (χ0n) is 11.1. The van der Waals surface area contributed by atoms with Gasteiger partial charge in [-0.15, -0.1) is 10.2 Å². The van der Waals surface area contributed by atoms with Crippen molar-refractivity contribution in [3.63, 3.8) is 0 Å². The highest BCUT2D eigenvalue weighted by Gasteiger charge is 2.22. The van der Waals surface area contributed by atoms with E-state index in [-0.39, 0.29) is 5.97 Å². The van der Waals surface area contributed by atoms with E-state index in [4.69, 9.17) is 10.5 Å². The van der Waals surface area contributed by atoms with Crippen LogP contribution in [0, 0.1) is 0 Å². The second-order valence-corrected chi connectivity index (χ2v) is 4.63. The standard InChI is InChI=1S/C13H15N5O2/c1-20-13(19)10-6-9(14)2-3-11(10)17-4-5-18-8-15-16-12(18)7-17/h2-3,6,8H,4-5,7,14H2,1H3. The molecule has 0 amide bonds. The lowest BCUT2D eigenvalue weighted by molar-refractivity contribution is 0.0601. The van der Waals surface area contributed by atoms with Crippen molar-refractivity contribution in [3.8, 4) is 0 Å². The third kappa shape index (κ3) is 2.07. The SMILES string of the molecule is COC(=O)c1cc(N)ccc1N1CCn2cnnc2C1. The predicted molar refractivity (Wildman–Crippen MR) is 73.3 cm³/mol. The summed E-state index contributed by atoms with van der Waals surface area (Å²) in [5.74, 6) is 0.489. The summed E-state index contributed by atoms with van der Waals surface area (Å²) in [5.41, 5.74) is 7.57. The quantitative estimate of drug-likeness (QED) is 0.639. The number of esters is 1. The van der Waals surface area contributed by atoms with Crippen LogP contribution in [0.2, 0.25) is 0 Å². The summed E-state index contributed by atoms with van der Waals surface area (Å²) in [4.78, 5) is 14.0. The first kappa shape index (κ1) is 12.5. The number of carbonyl (C=O) groups excluding carboxylic acids is 1. The zero-order chi connectivity index (χ0) is 14.1. The van der Waals surface area contributed by atoms with Gasteiger partial charge in [0, 0.05) is 18.8 Å². The monoisotopic (exact) mass is 273 g/mol. The fourth-order valence-electron chi connectivity index (χ4n) is 2.37. The first-order valence-corrected chi connectivity index (χ1v) is 6.28. The molecule has 1 aromatic heterocycles. The van der Waals surface area contributed by atoms with Gasteiger partial charge in [-0.05, 0) is 18.2 Å². The molecule has 3 rings (SSSR count). The van der Waals surface area contributed by atoms with Gasteiger partial charge in [-0.2, -0.15) is 0 Å². The molecule has 0 spiro atoms. The Balaban J connectivity index is 1.97. The molecule has 0 radical (unpaired) electrons. The van der Waals surface area contributed by atoms with Crippen LogP contribution in [0.3, 0.4) is 0 Å². The van der Waals surface area contributed by atoms with Gasteiger partial charge in [0.1, 0.15) is 6.33 Å². The molecule has 0 saturated heterocycles. The number of nitrogens with two attached hydrogens (primary N) is 1. The Morgan fingerprint density at radius 2 is 2.25 bits per heavy atom. The summed E-state index contributed by atoms with van der Waals surface area (Å²) in [6.07, 6.45) is 1.72. The van der Waals surface area contributed by atoms with E-state index in [1.807, 2.05) is 10.6 Å². The number of carbonyl (C=O) groups is 1. The van der Waals surface area contributed by atoms with E-state index in [9.17, 15) is 4.79 Å². The Hall–Kier alpha value is -2.57. The van der Waals surface area contributed by atoms with Gasteiger partial charge in [-0.3, -0.25) is 0 Å². The first-order chi connectivity index (χ1) is 9.69. The van der Waals surface area contributed by atoms with Crippen molar-refractivity contribution in [2.45, 2.75) is 13.1 Å². The minimum atomic E-state index is -0.389. The fraction of sp³-hybridized carbons (Fsp3) is 0.308. The highest BCUT2D eigenvalue weighted by molar-refractivity contribution is 5.97. The molecule has 1 aromatic carbocycles. The summed E-state index contributed by atoms with van der Waals surface area (Å²) < 4.78 is 6.83. The van der Waals surface area contributed by atoms with Crippen molar-refractivity contribution in [1.29, 1.82) is 0 Å². The van der Waals surface area contributed by atoms with E-state index in [0.717, 1.165) is 24.6 Å². The van der Waals surface area contributed by atoms with E-state index < -0.39 is 0 Å². The molecule has 1 aliphatic rings. The van der Waals surface area contributed by atoms with E-state index in [1.165, 1.54) is 7.11 Å². The van der Waals surface area contributed by atoms with Gasteiger partial charge >= 0.3 is 5.97 Å². The average Bonchev–Trinajstić information content (AvgIpc) is 2.93. The Morgan fingerprint density at radius 1 is 1.40 bits per heavy atom. The fourth-order valence-corrected chi connectivity index (χ4v) is 2.37. The van der Waals surface area contributed by atoms with Crippen LogP contribution < -0.4 is 10.6 Å². The molecule has 0 saturated carbocycles. The summed E-state index contributed by atoms with van der Waals surface area (Å²) in [5, 5.41) is 7.97. The molecule has 0 fully saturated rings. The van der Waals surface area contributed by atoms with Crippen molar-refractivity contribution in [2.24, 2.45) is 0 Å². The van der Waals surface area contributed by atoms with Crippen molar-refractivity contribution in [3.05, 3.63) is 35.9 Å². The topological polar surface area (TPSA) is 86.3 Å². The van der Waals surface area contributed by atoms with Crippen LogP contribution in [0.15, 0.2) is 24.5 Å². The molecule has 7 nitrogen and oxygen atoms in total. The third-order valence-electron chi connectivity index (χ3n) is 3.41. The van der Waals surface area contributed by atoms with Crippen LogP contribution >= 0.6 is 0 Å². The van der Waals surface area contributed by atoms with Gasteiger partial charge in [-0.1, -0.05) is 0 Å². The number of methoxy groups -OCH3 is 1. The van der Waals surface area contributed by atoms with E-state index in [2.05, 4.69) is 15.1 Å². The molecule has 2 heterocycles. The summed E-state index contributed by atoms with van der Waals surface area (Å²) in [7, 11) is 1.36. The summed E-state index contributed by atoms with van der Waals surface area (Å²) in [6.45, 7) is 2.17. The Kier molecular flexibility index (Phi) is 3.02. The maximum Gasteiger partial charge on any atom is 0.340 e. The number of anilines is 2. The van der Waals surface area contributed by atoms with E-state index in [1.54, 1.807) is 18.5 Å². The smallest absolute Gasteiger partial charge is 0.340 e. The minimum absolute atomic E-state index is 0.389. The van der Waals surface area contributed by atoms with Crippen LogP contribution in [-0.2, 0) is 17.8 Å². The van der Waals surface area contributed by atoms with Crippen LogP contribution in [0.5, 0.6) is 0 Å². The van der Waals surface area contributed by atoms with Crippen molar-refractivity contribution >= 4 is 17.3 Å². The van der Waals surface area contributed by atoms with Gasteiger partial charge in [0.05, 0.1) is 24.9 Å². The zero-order valence-corrected chi connectivity index (χ0v) is 11.1.